The highest BCUT2D eigenvalue weighted by Gasteiger charge is 2.56. The Kier molecular flexibility index (Phi) is 7.50. The van der Waals surface area contributed by atoms with Crippen LogP contribution in [0.3, 0.4) is 0 Å². The van der Waals surface area contributed by atoms with Crippen LogP contribution >= 0.6 is 0 Å². The quantitative estimate of drug-likeness (QED) is 0.292. The number of fused-ring (bicyclic) bond motifs is 3. The van der Waals surface area contributed by atoms with Crippen molar-refractivity contribution < 1.29 is 18.7 Å². The molecule has 4 fully saturated rings. The number of amides is 2. The van der Waals surface area contributed by atoms with E-state index in [4.69, 9.17) is 9.73 Å². The van der Waals surface area contributed by atoms with Crippen LogP contribution in [0.15, 0.2) is 41.4 Å². The van der Waals surface area contributed by atoms with Crippen molar-refractivity contribution in [1.82, 2.24) is 15.1 Å². The summed E-state index contributed by atoms with van der Waals surface area (Å²) in [5.74, 6) is 2.04. The topological polar surface area (TPSA) is 86.3 Å². The maximum absolute atomic E-state index is 14.5. The fourth-order valence-electron chi connectivity index (χ4n) is 7.56. The van der Waals surface area contributed by atoms with Crippen LogP contribution in [0.5, 0.6) is 5.75 Å². The molecule has 2 aromatic carbocycles. The van der Waals surface area contributed by atoms with Crippen LogP contribution < -0.4 is 15.4 Å². The molecule has 0 radical (unpaired) electrons. The van der Waals surface area contributed by atoms with Gasteiger partial charge in [-0.15, -0.1) is 0 Å². The van der Waals surface area contributed by atoms with Crippen LogP contribution in [0.2, 0.25) is 0 Å². The molecule has 224 valence electrons. The van der Waals surface area contributed by atoms with Gasteiger partial charge in [-0.1, -0.05) is 26.8 Å². The van der Waals surface area contributed by atoms with Crippen LogP contribution in [0.4, 0.5) is 10.1 Å². The Hall–Kier alpha value is -3.46. The van der Waals surface area contributed by atoms with Crippen molar-refractivity contribution in [2.24, 2.45) is 28.2 Å². The first kappa shape index (κ1) is 28.6. The number of piperazine rings is 1. The molecular formula is C33H42FN5O3. The molecule has 9 heteroatoms. The summed E-state index contributed by atoms with van der Waals surface area (Å²) < 4.78 is 19.5. The number of aliphatic imine (C=N–C) groups is 1. The fraction of sp³-hybridized carbons (Fsp3) is 0.545. The van der Waals surface area contributed by atoms with Crippen molar-refractivity contribution in [3.8, 4) is 5.75 Å². The number of nitrogens with one attached hydrogen (secondary N) is 2. The molecule has 0 aromatic heterocycles. The van der Waals surface area contributed by atoms with E-state index < -0.39 is 5.82 Å². The molecule has 8 nitrogen and oxygen atoms in total. The lowest BCUT2D eigenvalue weighted by molar-refractivity contribution is -0.108. The number of anilines is 1. The normalized spacial score (nSPS) is 28.4. The molecule has 0 unspecified atom stereocenters. The average Bonchev–Trinajstić information content (AvgIpc) is 3.20. The lowest BCUT2D eigenvalue weighted by Crippen LogP contribution is -2.57. The molecule has 2 heterocycles. The molecule has 0 spiro atoms. The summed E-state index contributed by atoms with van der Waals surface area (Å²) in [6.45, 7) is 12.0. The van der Waals surface area contributed by atoms with Gasteiger partial charge in [-0.2, -0.15) is 0 Å². The Labute approximate surface area is 247 Å². The molecule has 2 aromatic rings. The number of guanidine groups is 1. The van der Waals surface area contributed by atoms with Gasteiger partial charge in [0, 0.05) is 44.0 Å². The van der Waals surface area contributed by atoms with Crippen molar-refractivity contribution in [3.05, 3.63) is 58.9 Å². The number of imide groups is 1. The van der Waals surface area contributed by atoms with E-state index in [2.05, 4.69) is 43.2 Å². The standard InChI is InChI=1S/C33H42FN5O3/c1-19-18-38(13-11-35-19)32(37-29-15-22-14-27(20(29)2)33(22,3)4)36-23-7-9-25-26(16-23)31(41)39(30(25)40)12-10-21-6-8-24(42-5)17-28(21)34/h6-9,16-17,19-20,22,27,29,35H,10-15,18H2,1-5H3,(H,36,37)/t19-,20-,22+,27-,29-/m0/s1. The third-order valence-electron chi connectivity index (χ3n) is 10.4. The molecule has 2 aliphatic heterocycles. The van der Waals surface area contributed by atoms with E-state index in [1.54, 1.807) is 24.3 Å². The van der Waals surface area contributed by atoms with E-state index in [0.29, 0.717) is 51.7 Å². The van der Waals surface area contributed by atoms with Crippen LogP contribution in [-0.4, -0.2) is 72.9 Å². The molecule has 2 N–H and O–H groups in total. The maximum Gasteiger partial charge on any atom is 0.261 e. The molecule has 2 bridgehead atoms. The SMILES string of the molecule is COc1ccc(CCN2C(=O)c3ccc(N/C(=N/[C@H]4C[C@H]5C[C@@H]([C@@H]4C)C5(C)C)N4CCN[C@@H](C)C4)cc3C2=O)c(F)c1. The molecule has 3 saturated carbocycles. The van der Waals surface area contributed by atoms with E-state index >= 15 is 0 Å². The summed E-state index contributed by atoms with van der Waals surface area (Å²) in [4.78, 5) is 35.4. The first-order chi connectivity index (χ1) is 20.1. The number of hydrogen-bond donors (Lipinski definition) is 2. The molecule has 42 heavy (non-hydrogen) atoms. The summed E-state index contributed by atoms with van der Waals surface area (Å²) in [6.07, 6.45) is 2.62. The smallest absolute Gasteiger partial charge is 0.261 e. The number of benzene rings is 2. The lowest BCUT2D eigenvalue weighted by Gasteiger charge is -2.61. The highest BCUT2D eigenvalue weighted by atomic mass is 19.1. The van der Waals surface area contributed by atoms with Crippen molar-refractivity contribution in [1.29, 1.82) is 0 Å². The largest absolute Gasteiger partial charge is 0.497 e. The van der Waals surface area contributed by atoms with Gasteiger partial charge >= 0.3 is 0 Å². The van der Waals surface area contributed by atoms with Gasteiger partial charge in [0.1, 0.15) is 11.6 Å². The Morgan fingerprint density at radius 2 is 1.90 bits per heavy atom. The Morgan fingerprint density at radius 1 is 1.12 bits per heavy atom. The monoisotopic (exact) mass is 575 g/mol. The Bertz CT molecular complexity index is 1420. The van der Waals surface area contributed by atoms with Crippen LogP contribution in [0, 0.1) is 29.0 Å². The third kappa shape index (κ3) is 5.06. The average molecular weight is 576 g/mol. The number of halogens is 1. The number of hydrogen-bond acceptors (Lipinski definition) is 5. The molecule has 7 rings (SSSR count). The van der Waals surface area contributed by atoms with Crippen molar-refractivity contribution in [3.63, 3.8) is 0 Å². The number of nitrogens with zero attached hydrogens (tertiary/aromatic N) is 3. The van der Waals surface area contributed by atoms with Crippen LogP contribution in [-0.2, 0) is 6.42 Å². The third-order valence-corrected chi connectivity index (χ3v) is 10.4. The number of ether oxygens (including phenoxy) is 1. The van der Waals surface area contributed by atoms with Crippen molar-refractivity contribution in [2.75, 3.05) is 38.6 Å². The van der Waals surface area contributed by atoms with E-state index in [-0.39, 0.29) is 30.8 Å². The molecule has 1 saturated heterocycles. The van der Waals surface area contributed by atoms with Gasteiger partial charge in [0.25, 0.3) is 11.8 Å². The number of rotatable bonds is 6. The molecule has 5 aliphatic rings. The van der Waals surface area contributed by atoms with Crippen LogP contribution in [0.1, 0.15) is 66.8 Å². The number of carbonyl (C=O) groups excluding carboxylic acids is 2. The summed E-state index contributed by atoms with van der Waals surface area (Å²) in [5, 5.41) is 7.06. The van der Waals surface area contributed by atoms with Gasteiger partial charge < -0.3 is 20.3 Å². The van der Waals surface area contributed by atoms with Gasteiger partial charge in [-0.3, -0.25) is 14.5 Å². The zero-order chi connectivity index (χ0) is 29.8. The predicted molar refractivity (Wildman–Crippen MR) is 162 cm³/mol. The van der Waals surface area contributed by atoms with Crippen molar-refractivity contribution >= 4 is 23.5 Å². The summed E-state index contributed by atoms with van der Waals surface area (Å²) >= 11 is 0. The second-order valence-electron chi connectivity index (χ2n) is 13.1. The van der Waals surface area contributed by atoms with E-state index in [1.165, 1.54) is 24.5 Å². The van der Waals surface area contributed by atoms with Gasteiger partial charge in [0.05, 0.1) is 24.3 Å². The van der Waals surface area contributed by atoms with Crippen LogP contribution in [0.25, 0.3) is 0 Å². The van der Waals surface area contributed by atoms with Gasteiger partial charge in [0.2, 0.25) is 0 Å². The fourth-order valence-corrected chi connectivity index (χ4v) is 7.56. The van der Waals surface area contributed by atoms with Gasteiger partial charge in [-0.05, 0) is 79.2 Å². The van der Waals surface area contributed by atoms with Gasteiger partial charge in [-0.25, -0.2) is 9.38 Å². The lowest BCUT2D eigenvalue weighted by atomic mass is 9.45. The van der Waals surface area contributed by atoms with E-state index in [9.17, 15) is 14.0 Å². The first-order valence-electron chi connectivity index (χ1n) is 15.2. The van der Waals surface area contributed by atoms with Crippen molar-refractivity contribution in [2.45, 2.75) is 59.0 Å². The molecule has 5 atom stereocenters. The Balaban J connectivity index is 1.21. The number of carbonyl (C=O) groups is 2. The van der Waals surface area contributed by atoms with E-state index in [1.807, 2.05) is 6.07 Å². The minimum atomic E-state index is -0.417. The van der Waals surface area contributed by atoms with E-state index in [0.717, 1.165) is 37.7 Å². The molecule has 2 amide bonds. The second kappa shape index (κ2) is 11.0. The maximum atomic E-state index is 14.5. The minimum Gasteiger partial charge on any atom is -0.497 e. The summed E-state index contributed by atoms with van der Waals surface area (Å²) in [5.41, 5.74) is 2.29. The Morgan fingerprint density at radius 3 is 2.60 bits per heavy atom. The van der Waals surface area contributed by atoms with Gasteiger partial charge in [0.15, 0.2) is 5.96 Å². The summed E-state index contributed by atoms with van der Waals surface area (Å²) in [7, 11) is 1.48. The number of methoxy groups -OCH3 is 1. The first-order valence-corrected chi connectivity index (χ1v) is 15.2. The highest BCUT2D eigenvalue weighted by Crippen LogP contribution is 2.61. The molecule has 3 aliphatic carbocycles. The predicted octanol–water partition coefficient (Wildman–Crippen LogP) is 4.81. The zero-order valence-corrected chi connectivity index (χ0v) is 25.2. The minimum absolute atomic E-state index is 0.0992. The molecular weight excluding hydrogens is 533 g/mol. The second-order valence-corrected chi connectivity index (χ2v) is 13.1. The highest BCUT2D eigenvalue weighted by molar-refractivity contribution is 6.22. The summed E-state index contributed by atoms with van der Waals surface area (Å²) in [6, 6.07) is 10.5. The zero-order valence-electron chi connectivity index (χ0n) is 25.2.